The molecule has 1 aromatic carbocycles. The molecule has 1 atom stereocenters. The van der Waals surface area contributed by atoms with Crippen molar-refractivity contribution in [1.29, 1.82) is 0 Å². The highest BCUT2D eigenvalue weighted by Crippen LogP contribution is 2.31. The van der Waals surface area contributed by atoms with Gasteiger partial charge in [-0.15, -0.1) is 0 Å². The Morgan fingerprint density at radius 2 is 2.05 bits per heavy atom. The van der Waals surface area contributed by atoms with Crippen molar-refractivity contribution in [1.82, 2.24) is 5.32 Å². The van der Waals surface area contributed by atoms with E-state index < -0.39 is 23.5 Å². The lowest BCUT2D eigenvalue weighted by Gasteiger charge is -2.14. The summed E-state index contributed by atoms with van der Waals surface area (Å²) in [7, 11) is 0. The Morgan fingerprint density at radius 3 is 2.60 bits per heavy atom. The number of benzene rings is 1. The molecule has 1 aromatic rings. The van der Waals surface area contributed by atoms with Gasteiger partial charge in [-0.05, 0) is 38.0 Å². The number of hydrogen-bond donors (Lipinski definition) is 2. The van der Waals surface area contributed by atoms with E-state index in [1.54, 1.807) is 6.92 Å². The Labute approximate surface area is 113 Å². The summed E-state index contributed by atoms with van der Waals surface area (Å²) in [6, 6.07) is 1.81. The highest BCUT2D eigenvalue weighted by atomic mass is 19.4. The Kier molecular flexibility index (Phi) is 5.50. The lowest BCUT2D eigenvalue weighted by atomic mass is 10.1. The zero-order chi connectivity index (χ0) is 15.3. The van der Waals surface area contributed by atoms with Crippen molar-refractivity contribution < 1.29 is 27.5 Å². The third kappa shape index (κ3) is 4.48. The van der Waals surface area contributed by atoms with Crippen LogP contribution in [0, 0.1) is 5.82 Å². The van der Waals surface area contributed by atoms with Crippen LogP contribution in [-0.2, 0) is 6.18 Å². The minimum atomic E-state index is -4.84. The SMILES string of the molecule is CC(CCCO)NC(=O)c1ccc(F)c(C(F)(F)F)c1. The smallest absolute Gasteiger partial charge is 0.396 e. The first-order valence-corrected chi connectivity index (χ1v) is 6.04. The lowest BCUT2D eigenvalue weighted by molar-refractivity contribution is -0.140. The van der Waals surface area contributed by atoms with Crippen LogP contribution in [0.3, 0.4) is 0 Å². The quantitative estimate of drug-likeness (QED) is 0.820. The molecule has 112 valence electrons. The minimum Gasteiger partial charge on any atom is -0.396 e. The van der Waals surface area contributed by atoms with E-state index in [0.29, 0.717) is 25.0 Å². The van der Waals surface area contributed by atoms with Crippen LogP contribution in [0.2, 0.25) is 0 Å². The molecule has 0 aliphatic rings. The van der Waals surface area contributed by atoms with E-state index >= 15 is 0 Å². The Hall–Kier alpha value is -1.63. The van der Waals surface area contributed by atoms with Gasteiger partial charge in [0, 0.05) is 18.2 Å². The summed E-state index contributed by atoms with van der Waals surface area (Å²) >= 11 is 0. The van der Waals surface area contributed by atoms with Gasteiger partial charge in [-0.25, -0.2) is 4.39 Å². The maximum absolute atomic E-state index is 13.1. The molecule has 0 spiro atoms. The van der Waals surface area contributed by atoms with Crippen LogP contribution in [0.15, 0.2) is 18.2 Å². The molecule has 1 unspecified atom stereocenters. The normalized spacial score (nSPS) is 13.1. The number of carbonyl (C=O) groups is 1. The van der Waals surface area contributed by atoms with Gasteiger partial charge in [0.15, 0.2) is 0 Å². The number of alkyl halides is 3. The Bertz CT molecular complexity index is 474. The second-order valence-corrected chi connectivity index (χ2v) is 4.43. The monoisotopic (exact) mass is 293 g/mol. The van der Waals surface area contributed by atoms with E-state index in [-0.39, 0.29) is 18.2 Å². The van der Waals surface area contributed by atoms with Gasteiger partial charge in [-0.1, -0.05) is 0 Å². The highest BCUT2D eigenvalue weighted by Gasteiger charge is 2.34. The van der Waals surface area contributed by atoms with Crippen LogP contribution in [-0.4, -0.2) is 23.7 Å². The number of carbonyl (C=O) groups excluding carboxylic acids is 1. The number of rotatable bonds is 5. The largest absolute Gasteiger partial charge is 0.419 e. The molecule has 20 heavy (non-hydrogen) atoms. The lowest BCUT2D eigenvalue weighted by Crippen LogP contribution is -2.32. The summed E-state index contributed by atoms with van der Waals surface area (Å²) in [4.78, 5) is 11.7. The predicted molar refractivity (Wildman–Crippen MR) is 64.7 cm³/mol. The molecule has 2 N–H and O–H groups in total. The summed E-state index contributed by atoms with van der Waals surface area (Å²) in [6.07, 6.45) is -3.88. The van der Waals surface area contributed by atoms with Crippen molar-refractivity contribution in [2.24, 2.45) is 0 Å². The highest BCUT2D eigenvalue weighted by molar-refractivity contribution is 5.94. The van der Waals surface area contributed by atoms with Crippen LogP contribution >= 0.6 is 0 Å². The van der Waals surface area contributed by atoms with E-state index in [2.05, 4.69) is 5.32 Å². The fourth-order valence-corrected chi connectivity index (χ4v) is 1.66. The molecule has 1 amide bonds. The van der Waals surface area contributed by atoms with Crippen molar-refractivity contribution in [3.63, 3.8) is 0 Å². The van der Waals surface area contributed by atoms with Crippen molar-refractivity contribution in [3.8, 4) is 0 Å². The number of halogens is 4. The predicted octanol–water partition coefficient (Wildman–Crippen LogP) is 2.74. The van der Waals surface area contributed by atoms with Crippen LogP contribution in [0.5, 0.6) is 0 Å². The molecular weight excluding hydrogens is 278 g/mol. The van der Waals surface area contributed by atoms with Crippen LogP contribution in [0.4, 0.5) is 17.6 Å². The summed E-state index contributed by atoms with van der Waals surface area (Å²) in [5, 5.41) is 11.1. The zero-order valence-corrected chi connectivity index (χ0v) is 10.8. The third-order valence-electron chi connectivity index (χ3n) is 2.71. The number of aliphatic hydroxyl groups is 1. The van der Waals surface area contributed by atoms with Crippen molar-refractivity contribution in [2.45, 2.75) is 32.0 Å². The van der Waals surface area contributed by atoms with Crippen LogP contribution in [0.25, 0.3) is 0 Å². The molecule has 0 heterocycles. The molecule has 7 heteroatoms. The number of nitrogens with one attached hydrogen (secondary N) is 1. The fraction of sp³-hybridized carbons (Fsp3) is 0.462. The van der Waals surface area contributed by atoms with Crippen LogP contribution < -0.4 is 5.32 Å². The Morgan fingerprint density at radius 1 is 1.40 bits per heavy atom. The maximum Gasteiger partial charge on any atom is 0.419 e. The summed E-state index contributed by atoms with van der Waals surface area (Å²) < 4.78 is 50.6. The maximum atomic E-state index is 13.1. The van der Waals surface area contributed by atoms with Gasteiger partial charge in [0.1, 0.15) is 5.82 Å². The molecule has 1 rings (SSSR count). The molecule has 3 nitrogen and oxygen atoms in total. The van der Waals surface area contributed by atoms with E-state index in [4.69, 9.17) is 5.11 Å². The standard InChI is InChI=1S/C13H15F4NO2/c1-8(3-2-6-19)18-12(20)9-4-5-11(14)10(7-9)13(15,16)17/h4-5,7-8,19H,2-3,6H2,1H3,(H,18,20). The van der Waals surface area contributed by atoms with Gasteiger partial charge in [0.25, 0.3) is 5.91 Å². The summed E-state index contributed by atoms with van der Waals surface area (Å²) in [6.45, 7) is 1.64. The van der Waals surface area contributed by atoms with E-state index in [1.807, 2.05) is 0 Å². The van der Waals surface area contributed by atoms with Crippen molar-refractivity contribution in [2.75, 3.05) is 6.61 Å². The van der Waals surface area contributed by atoms with E-state index in [0.717, 1.165) is 6.07 Å². The van der Waals surface area contributed by atoms with Crippen LogP contribution in [0.1, 0.15) is 35.7 Å². The molecule has 0 aliphatic heterocycles. The molecule has 0 radical (unpaired) electrons. The second-order valence-electron chi connectivity index (χ2n) is 4.43. The first-order valence-electron chi connectivity index (χ1n) is 6.04. The number of amides is 1. The molecule has 0 aromatic heterocycles. The fourth-order valence-electron chi connectivity index (χ4n) is 1.66. The number of hydrogen-bond acceptors (Lipinski definition) is 2. The van der Waals surface area contributed by atoms with Crippen molar-refractivity contribution >= 4 is 5.91 Å². The van der Waals surface area contributed by atoms with Crippen molar-refractivity contribution in [3.05, 3.63) is 35.1 Å². The first kappa shape index (κ1) is 16.4. The molecule has 0 bridgehead atoms. The minimum absolute atomic E-state index is 0.0328. The molecule has 0 aliphatic carbocycles. The van der Waals surface area contributed by atoms with E-state index in [1.165, 1.54) is 0 Å². The average Bonchev–Trinajstić information content (AvgIpc) is 2.35. The second kappa shape index (κ2) is 6.69. The van der Waals surface area contributed by atoms with Gasteiger partial charge >= 0.3 is 6.18 Å². The van der Waals surface area contributed by atoms with E-state index in [9.17, 15) is 22.4 Å². The summed E-state index contributed by atoms with van der Waals surface area (Å²) in [5.74, 6) is -2.12. The molecule has 0 fully saturated rings. The van der Waals surface area contributed by atoms with Gasteiger partial charge in [-0.3, -0.25) is 4.79 Å². The topological polar surface area (TPSA) is 49.3 Å². The van der Waals surface area contributed by atoms with Gasteiger partial charge < -0.3 is 10.4 Å². The number of aliphatic hydroxyl groups excluding tert-OH is 1. The average molecular weight is 293 g/mol. The molecule has 0 saturated carbocycles. The Balaban J connectivity index is 2.84. The first-order chi connectivity index (χ1) is 9.25. The van der Waals surface area contributed by atoms with Gasteiger partial charge in [0.05, 0.1) is 5.56 Å². The molecule has 0 saturated heterocycles. The van der Waals surface area contributed by atoms with Gasteiger partial charge in [0.2, 0.25) is 0 Å². The summed E-state index contributed by atoms with van der Waals surface area (Å²) in [5.41, 5.74) is -1.72. The zero-order valence-electron chi connectivity index (χ0n) is 10.8. The van der Waals surface area contributed by atoms with Gasteiger partial charge in [-0.2, -0.15) is 13.2 Å². The third-order valence-corrected chi connectivity index (χ3v) is 2.71. The molecular formula is C13H15F4NO2.